The van der Waals surface area contributed by atoms with Crippen molar-refractivity contribution in [1.82, 2.24) is 34.5 Å². The second-order valence-electron chi connectivity index (χ2n) is 10.2. The van der Waals surface area contributed by atoms with Crippen molar-refractivity contribution in [3.05, 3.63) is 31.0 Å². The third-order valence-corrected chi connectivity index (χ3v) is 7.96. The van der Waals surface area contributed by atoms with Crippen molar-refractivity contribution in [3.8, 4) is 17.3 Å². The molecule has 10 heteroatoms. The van der Waals surface area contributed by atoms with E-state index in [2.05, 4.69) is 51.0 Å². The number of nitrogens with zero attached hydrogens (tertiary/aromatic N) is 7. The average molecular weight is 481 g/mol. The van der Waals surface area contributed by atoms with Gasteiger partial charge in [0.25, 0.3) is 0 Å². The summed E-state index contributed by atoms with van der Waals surface area (Å²) in [4.78, 5) is 11.5. The molecule has 0 bridgehead atoms. The lowest BCUT2D eigenvalue weighted by Gasteiger charge is -2.24. The number of hydrogen-bond acceptors (Lipinski definition) is 7. The summed E-state index contributed by atoms with van der Waals surface area (Å²) in [5.74, 6) is 0. The smallest absolute Gasteiger partial charge is 0.145 e. The van der Waals surface area contributed by atoms with Gasteiger partial charge in [0.05, 0.1) is 30.4 Å². The molecule has 1 fully saturated rings. The molecule has 0 spiro atoms. The highest BCUT2D eigenvalue weighted by Gasteiger charge is 2.20. The largest absolute Gasteiger partial charge is 0.361 e. The molecule has 34 heavy (non-hydrogen) atoms. The van der Waals surface area contributed by atoms with Crippen molar-refractivity contribution in [2.45, 2.75) is 51.3 Å². The molecule has 0 saturated carbocycles. The molecule has 3 aromatic heterocycles. The van der Waals surface area contributed by atoms with Crippen LogP contribution in [-0.2, 0) is 11.5 Å². The Morgan fingerprint density at radius 2 is 2.12 bits per heavy atom. The number of fused-ring (bicyclic) bond motifs is 1. The number of nitriles is 1. The monoisotopic (exact) mass is 480 g/mol. The summed E-state index contributed by atoms with van der Waals surface area (Å²) >= 11 is 0. The van der Waals surface area contributed by atoms with Crippen LogP contribution in [0, 0.1) is 11.3 Å². The van der Waals surface area contributed by atoms with E-state index >= 15 is 0 Å². The number of hydrogen-bond donors (Lipinski definition) is 1. The second-order valence-corrected chi connectivity index (χ2v) is 15.8. The van der Waals surface area contributed by atoms with Crippen LogP contribution in [-0.4, -0.2) is 76.6 Å². The zero-order chi connectivity index (χ0) is 24.0. The van der Waals surface area contributed by atoms with Crippen LogP contribution in [0.3, 0.4) is 0 Å². The Hall–Kier alpha value is -2.58. The van der Waals surface area contributed by atoms with Crippen LogP contribution in [0.15, 0.2) is 31.0 Å². The molecule has 1 N–H and O–H groups in total. The van der Waals surface area contributed by atoms with E-state index in [1.54, 1.807) is 6.33 Å². The van der Waals surface area contributed by atoms with Gasteiger partial charge in [-0.25, -0.2) is 9.97 Å². The summed E-state index contributed by atoms with van der Waals surface area (Å²) < 4.78 is 9.89. The van der Waals surface area contributed by atoms with E-state index in [1.165, 1.54) is 0 Å². The summed E-state index contributed by atoms with van der Waals surface area (Å²) in [6.45, 7) is 13.2. The first kappa shape index (κ1) is 24.5. The van der Waals surface area contributed by atoms with Crippen LogP contribution in [0.25, 0.3) is 22.3 Å². The summed E-state index contributed by atoms with van der Waals surface area (Å²) in [6, 6.07) is 5.54. The first-order valence-corrected chi connectivity index (χ1v) is 15.9. The van der Waals surface area contributed by atoms with Crippen molar-refractivity contribution in [3.63, 3.8) is 0 Å². The molecule has 4 rings (SSSR count). The Kier molecular flexibility index (Phi) is 8.10. The normalized spacial score (nSPS) is 16.4. The molecule has 1 saturated heterocycles. The van der Waals surface area contributed by atoms with Crippen molar-refractivity contribution in [2.75, 3.05) is 39.3 Å². The molecule has 9 nitrogen and oxygen atoms in total. The zero-order valence-corrected chi connectivity index (χ0v) is 21.6. The first-order chi connectivity index (χ1) is 16.4. The molecular formula is C24H36N8OSi. The van der Waals surface area contributed by atoms with E-state index < -0.39 is 8.07 Å². The minimum Gasteiger partial charge on any atom is -0.361 e. The van der Waals surface area contributed by atoms with Gasteiger partial charge >= 0.3 is 0 Å². The Balaban J connectivity index is 1.49. The molecule has 1 unspecified atom stereocenters. The minimum atomic E-state index is -1.11. The lowest BCUT2D eigenvalue weighted by atomic mass is 10.1. The van der Waals surface area contributed by atoms with Crippen LogP contribution in [0.5, 0.6) is 0 Å². The first-order valence-electron chi connectivity index (χ1n) is 12.2. The molecular weight excluding hydrogens is 444 g/mol. The van der Waals surface area contributed by atoms with Crippen molar-refractivity contribution < 1.29 is 4.74 Å². The molecule has 1 aliphatic heterocycles. The predicted octanol–water partition coefficient (Wildman–Crippen LogP) is 3.36. The maximum Gasteiger partial charge on any atom is 0.145 e. The van der Waals surface area contributed by atoms with Crippen LogP contribution in [0.4, 0.5) is 0 Å². The third kappa shape index (κ3) is 6.30. The van der Waals surface area contributed by atoms with E-state index in [4.69, 9.17) is 4.74 Å². The Morgan fingerprint density at radius 1 is 1.24 bits per heavy atom. The second kappa shape index (κ2) is 11.2. The Labute approximate surface area is 202 Å². The maximum atomic E-state index is 9.43. The van der Waals surface area contributed by atoms with E-state index in [1.807, 2.05) is 33.9 Å². The zero-order valence-electron chi connectivity index (χ0n) is 20.6. The number of rotatable bonds is 10. The summed E-state index contributed by atoms with van der Waals surface area (Å²) in [6.07, 6.45) is 9.02. The SMILES string of the molecule is C[Si](C)(C)CCOCn1ccc2c(-c3cnn(C(CC#N)CN4CCCNCC4)c3)ncnc21. The Morgan fingerprint density at radius 3 is 2.94 bits per heavy atom. The van der Waals surface area contributed by atoms with Gasteiger partial charge in [-0.05, 0) is 31.6 Å². The summed E-state index contributed by atoms with van der Waals surface area (Å²) in [5, 5.41) is 18.5. The van der Waals surface area contributed by atoms with Gasteiger partial charge in [0, 0.05) is 57.7 Å². The van der Waals surface area contributed by atoms with Gasteiger partial charge in [0.2, 0.25) is 0 Å². The van der Waals surface area contributed by atoms with E-state index in [0.29, 0.717) is 13.2 Å². The van der Waals surface area contributed by atoms with Gasteiger partial charge in [0.1, 0.15) is 18.7 Å². The molecule has 0 aromatic carbocycles. The average Bonchev–Trinajstić information content (AvgIpc) is 3.37. The van der Waals surface area contributed by atoms with Crippen LogP contribution >= 0.6 is 0 Å². The fourth-order valence-corrected chi connectivity index (χ4v) is 5.03. The van der Waals surface area contributed by atoms with E-state index in [-0.39, 0.29) is 6.04 Å². The number of ether oxygens (including phenoxy) is 1. The summed E-state index contributed by atoms with van der Waals surface area (Å²) in [5.41, 5.74) is 2.65. The Bertz CT molecular complexity index is 1100. The highest BCUT2D eigenvalue weighted by Crippen LogP contribution is 2.27. The van der Waals surface area contributed by atoms with Gasteiger partial charge in [-0.3, -0.25) is 9.58 Å². The predicted molar refractivity (Wildman–Crippen MR) is 136 cm³/mol. The number of nitrogens with one attached hydrogen (secondary N) is 1. The maximum absolute atomic E-state index is 9.43. The van der Waals surface area contributed by atoms with Crippen LogP contribution < -0.4 is 5.32 Å². The molecule has 1 aliphatic rings. The van der Waals surface area contributed by atoms with Crippen LogP contribution in [0.1, 0.15) is 18.9 Å². The molecule has 0 aliphatic carbocycles. The minimum absolute atomic E-state index is 0.0125. The van der Waals surface area contributed by atoms with Gasteiger partial charge in [-0.15, -0.1) is 0 Å². The van der Waals surface area contributed by atoms with Crippen molar-refractivity contribution in [1.29, 1.82) is 5.26 Å². The van der Waals surface area contributed by atoms with Gasteiger partial charge < -0.3 is 14.6 Å². The highest BCUT2D eigenvalue weighted by molar-refractivity contribution is 6.76. The molecule has 182 valence electrons. The van der Waals surface area contributed by atoms with Gasteiger partial charge in [-0.1, -0.05) is 19.6 Å². The fraction of sp³-hybridized carbons (Fsp3) is 0.583. The summed E-state index contributed by atoms with van der Waals surface area (Å²) in [7, 11) is -1.11. The molecule has 0 radical (unpaired) electrons. The topological polar surface area (TPSA) is 96.8 Å². The van der Waals surface area contributed by atoms with Crippen molar-refractivity contribution in [2.24, 2.45) is 0 Å². The van der Waals surface area contributed by atoms with Crippen LogP contribution in [0.2, 0.25) is 25.7 Å². The van der Waals surface area contributed by atoms with Gasteiger partial charge in [-0.2, -0.15) is 10.4 Å². The fourth-order valence-electron chi connectivity index (χ4n) is 4.27. The lowest BCUT2D eigenvalue weighted by Crippen LogP contribution is -2.34. The molecule has 1 atom stereocenters. The molecule has 0 amide bonds. The van der Waals surface area contributed by atoms with Crippen molar-refractivity contribution >= 4 is 19.1 Å². The van der Waals surface area contributed by atoms with E-state index in [9.17, 15) is 5.26 Å². The van der Waals surface area contributed by atoms with E-state index in [0.717, 1.165) is 74.1 Å². The highest BCUT2D eigenvalue weighted by atomic mass is 28.3. The third-order valence-electron chi connectivity index (χ3n) is 6.26. The molecule has 4 heterocycles. The standard InChI is InChI=1S/C24H36N8OSi/c1-34(2,3)14-13-33-19-31-11-6-22-23(27-18-28-24(22)31)20-15-29-32(16-20)21(5-7-25)17-30-10-4-8-26-9-12-30/h6,11,15-16,18,21,26H,4-5,8-10,12-14,17,19H2,1-3H3. The molecule has 3 aromatic rings. The number of aromatic nitrogens is 5. The quantitative estimate of drug-likeness (QED) is 0.351. The van der Waals surface area contributed by atoms with Gasteiger partial charge in [0.15, 0.2) is 0 Å². The lowest BCUT2D eigenvalue weighted by molar-refractivity contribution is 0.0899.